The normalized spacial score (nSPS) is 14.7. The van der Waals surface area contributed by atoms with Crippen LogP contribution in [0.1, 0.15) is 11.1 Å². The summed E-state index contributed by atoms with van der Waals surface area (Å²) in [6.45, 7) is 0. The van der Waals surface area contributed by atoms with Gasteiger partial charge in [0.25, 0.3) is 0 Å². The maximum Gasteiger partial charge on any atom is 0.414 e. The Labute approximate surface area is 140 Å². The molecule has 0 aromatic heterocycles. The van der Waals surface area contributed by atoms with E-state index in [2.05, 4.69) is 15.9 Å². The number of fused-ring (bicyclic) bond motifs is 1. The van der Waals surface area contributed by atoms with Crippen LogP contribution in [0.2, 0.25) is 0 Å². The molecule has 0 saturated carbocycles. The van der Waals surface area contributed by atoms with Crippen molar-refractivity contribution in [1.29, 1.82) is 0 Å². The Balaban J connectivity index is 2.24. The molecule has 1 atom stereocenters. The van der Waals surface area contributed by atoms with Gasteiger partial charge in [-0.15, -0.1) is 0 Å². The molecule has 2 N–H and O–H groups in total. The molecule has 1 unspecified atom stereocenters. The van der Waals surface area contributed by atoms with Crippen LogP contribution in [0.4, 0.5) is 13.2 Å². The quantitative estimate of drug-likeness (QED) is 0.636. The van der Waals surface area contributed by atoms with Gasteiger partial charge in [-0.3, -0.25) is 0 Å². The summed E-state index contributed by atoms with van der Waals surface area (Å²) in [5.74, 6) is 0. The summed E-state index contributed by atoms with van der Waals surface area (Å²) in [4.78, 5) is 0. The van der Waals surface area contributed by atoms with Crippen LogP contribution >= 0.6 is 15.9 Å². The number of nitrogens with two attached hydrogens (primary N) is 1. The Bertz CT molecular complexity index is 843. The molecule has 0 bridgehead atoms. The molecule has 0 amide bonds. The van der Waals surface area contributed by atoms with Crippen molar-refractivity contribution in [2.24, 2.45) is 5.73 Å². The molecule has 0 aliphatic carbocycles. The first kappa shape index (κ1) is 16.0. The molecule has 0 radical (unpaired) electrons. The average Bonchev–Trinajstić information content (AvgIpc) is 2.53. The van der Waals surface area contributed by atoms with Gasteiger partial charge in [-0.05, 0) is 40.1 Å². The number of hydrogen-bond donors (Lipinski definition) is 1. The molecule has 0 heterocycles. The van der Waals surface area contributed by atoms with Crippen molar-refractivity contribution in [1.82, 2.24) is 0 Å². The number of benzene rings is 3. The second-order valence-corrected chi connectivity index (χ2v) is 6.29. The van der Waals surface area contributed by atoms with Crippen molar-refractivity contribution in [2.45, 2.75) is 11.7 Å². The van der Waals surface area contributed by atoms with E-state index < -0.39 is 11.7 Å². The third-order valence-corrected chi connectivity index (χ3v) is 4.48. The Hall–Kier alpha value is -1.85. The molecule has 5 heteroatoms. The SMILES string of the molecule is NC(c1ccc(Br)cc1)(c1ccc2ccccc2c1)C(F)(F)F. The topological polar surface area (TPSA) is 26.0 Å². The first-order valence-corrected chi connectivity index (χ1v) is 7.72. The standard InChI is InChI=1S/C18H13BrF3N/c19-16-9-7-14(8-10-16)17(23,18(20,21)22)15-6-5-12-3-1-2-4-13(12)11-15/h1-11H,23H2. The fourth-order valence-corrected chi connectivity index (χ4v) is 2.91. The molecular weight excluding hydrogens is 367 g/mol. The van der Waals surface area contributed by atoms with Crippen LogP contribution in [-0.4, -0.2) is 6.18 Å². The van der Waals surface area contributed by atoms with Gasteiger partial charge in [0.05, 0.1) is 0 Å². The Kier molecular flexibility index (Phi) is 3.94. The lowest BCUT2D eigenvalue weighted by Gasteiger charge is -2.33. The van der Waals surface area contributed by atoms with Gasteiger partial charge in [-0.1, -0.05) is 64.5 Å². The highest BCUT2D eigenvalue weighted by molar-refractivity contribution is 9.10. The van der Waals surface area contributed by atoms with Gasteiger partial charge < -0.3 is 5.73 Å². The van der Waals surface area contributed by atoms with Crippen LogP contribution in [-0.2, 0) is 5.54 Å². The van der Waals surface area contributed by atoms with Crippen LogP contribution in [0.5, 0.6) is 0 Å². The Morgan fingerprint density at radius 3 is 1.91 bits per heavy atom. The molecule has 3 aromatic carbocycles. The summed E-state index contributed by atoms with van der Waals surface area (Å²) in [6.07, 6.45) is -4.62. The van der Waals surface area contributed by atoms with E-state index in [0.29, 0.717) is 4.47 Å². The van der Waals surface area contributed by atoms with Crippen LogP contribution in [0.25, 0.3) is 10.8 Å². The molecule has 118 valence electrons. The molecule has 3 rings (SSSR count). The zero-order valence-corrected chi connectivity index (χ0v) is 13.5. The second-order valence-electron chi connectivity index (χ2n) is 5.37. The van der Waals surface area contributed by atoms with Crippen LogP contribution in [0.3, 0.4) is 0 Å². The summed E-state index contributed by atoms with van der Waals surface area (Å²) >= 11 is 3.23. The van der Waals surface area contributed by atoms with E-state index in [1.54, 1.807) is 30.3 Å². The molecule has 0 spiro atoms. The highest BCUT2D eigenvalue weighted by Gasteiger charge is 2.54. The van der Waals surface area contributed by atoms with E-state index in [0.717, 1.165) is 10.8 Å². The molecule has 0 saturated heterocycles. The Morgan fingerprint density at radius 2 is 1.30 bits per heavy atom. The summed E-state index contributed by atoms with van der Waals surface area (Å²) in [6, 6.07) is 17.8. The van der Waals surface area contributed by atoms with Gasteiger partial charge in [0, 0.05) is 4.47 Å². The fraction of sp³-hybridized carbons (Fsp3) is 0.111. The number of rotatable bonds is 2. The van der Waals surface area contributed by atoms with Crippen LogP contribution < -0.4 is 5.73 Å². The maximum atomic E-state index is 13.8. The molecule has 0 fully saturated rings. The number of halogens is 4. The van der Waals surface area contributed by atoms with Crippen molar-refractivity contribution in [3.05, 3.63) is 82.3 Å². The van der Waals surface area contributed by atoms with E-state index in [9.17, 15) is 13.2 Å². The van der Waals surface area contributed by atoms with E-state index in [1.807, 2.05) is 12.1 Å². The molecule has 23 heavy (non-hydrogen) atoms. The lowest BCUT2D eigenvalue weighted by Crippen LogP contribution is -2.51. The van der Waals surface area contributed by atoms with Gasteiger partial charge in [-0.2, -0.15) is 13.2 Å². The highest BCUT2D eigenvalue weighted by Crippen LogP contribution is 2.43. The van der Waals surface area contributed by atoms with Gasteiger partial charge in [0.15, 0.2) is 5.54 Å². The smallest absolute Gasteiger partial charge is 0.310 e. The van der Waals surface area contributed by atoms with Crippen molar-refractivity contribution in [2.75, 3.05) is 0 Å². The zero-order chi connectivity index (χ0) is 16.7. The predicted molar refractivity (Wildman–Crippen MR) is 89.1 cm³/mol. The van der Waals surface area contributed by atoms with E-state index in [1.165, 1.54) is 24.3 Å². The largest absolute Gasteiger partial charge is 0.414 e. The minimum atomic E-state index is -4.62. The predicted octanol–water partition coefficient (Wildman–Crippen LogP) is 5.37. The van der Waals surface area contributed by atoms with Crippen molar-refractivity contribution >= 4 is 26.7 Å². The van der Waals surface area contributed by atoms with Crippen LogP contribution in [0, 0.1) is 0 Å². The Morgan fingerprint density at radius 1 is 0.739 bits per heavy atom. The van der Waals surface area contributed by atoms with E-state index >= 15 is 0 Å². The average molecular weight is 380 g/mol. The molecule has 3 aromatic rings. The maximum absolute atomic E-state index is 13.8. The lowest BCUT2D eigenvalue weighted by molar-refractivity contribution is -0.176. The monoisotopic (exact) mass is 379 g/mol. The first-order chi connectivity index (χ1) is 10.8. The van der Waals surface area contributed by atoms with Crippen molar-refractivity contribution < 1.29 is 13.2 Å². The van der Waals surface area contributed by atoms with E-state index in [4.69, 9.17) is 5.73 Å². The van der Waals surface area contributed by atoms with Gasteiger partial charge in [0.2, 0.25) is 0 Å². The van der Waals surface area contributed by atoms with E-state index in [-0.39, 0.29) is 11.1 Å². The summed E-state index contributed by atoms with van der Waals surface area (Å²) in [7, 11) is 0. The van der Waals surface area contributed by atoms with Crippen molar-refractivity contribution in [3.63, 3.8) is 0 Å². The minimum absolute atomic E-state index is 0.00322. The summed E-state index contributed by atoms with van der Waals surface area (Å²) in [5.41, 5.74) is 3.38. The number of hydrogen-bond acceptors (Lipinski definition) is 1. The zero-order valence-electron chi connectivity index (χ0n) is 11.9. The second kappa shape index (κ2) is 5.65. The molecule has 0 aliphatic rings. The van der Waals surface area contributed by atoms with Gasteiger partial charge >= 0.3 is 6.18 Å². The molecule has 0 aliphatic heterocycles. The summed E-state index contributed by atoms with van der Waals surface area (Å²) in [5, 5.41) is 1.60. The lowest BCUT2D eigenvalue weighted by atomic mass is 9.82. The third-order valence-electron chi connectivity index (χ3n) is 3.95. The van der Waals surface area contributed by atoms with Gasteiger partial charge in [0.1, 0.15) is 0 Å². The third kappa shape index (κ3) is 2.75. The van der Waals surface area contributed by atoms with Crippen molar-refractivity contribution in [3.8, 4) is 0 Å². The minimum Gasteiger partial charge on any atom is -0.310 e. The molecule has 1 nitrogen and oxygen atoms in total. The first-order valence-electron chi connectivity index (χ1n) is 6.93. The highest BCUT2D eigenvalue weighted by atomic mass is 79.9. The summed E-state index contributed by atoms with van der Waals surface area (Å²) < 4.78 is 42.2. The number of alkyl halides is 3. The molecular formula is C18H13BrF3N. The fourth-order valence-electron chi connectivity index (χ4n) is 2.64. The van der Waals surface area contributed by atoms with Gasteiger partial charge in [-0.25, -0.2) is 0 Å². The van der Waals surface area contributed by atoms with Crippen LogP contribution in [0.15, 0.2) is 71.2 Å².